The van der Waals surface area contributed by atoms with E-state index in [2.05, 4.69) is 9.58 Å². The van der Waals surface area contributed by atoms with Crippen molar-refractivity contribution in [3.8, 4) is 0 Å². The number of nitrogens with zero attached hydrogens (tertiary/aromatic N) is 2. The molecule has 0 aliphatic rings. The largest absolute Gasteiger partial charge is 0.398 e. The molecule has 0 atom stereocenters. The zero-order valence-corrected chi connectivity index (χ0v) is 8.04. The number of rotatable bonds is 3. The van der Waals surface area contributed by atoms with Gasteiger partial charge < -0.3 is 10.5 Å². The van der Waals surface area contributed by atoms with Gasteiger partial charge in [0, 0.05) is 17.8 Å². The van der Waals surface area contributed by atoms with Crippen molar-refractivity contribution in [2.45, 2.75) is 0 Å². The average molecular weight is 221 g/mol. The summed E-state index contributed by atoms with van der Waals surface area (Å²) < 4.78 is 4.50. The number of carbonyl (C=O) groups is 1. The van der Waals surface area contributed by atoms with E-state index in [9.17, 15) is 14.9 Å². The number of nitrogens with two attached hydrogens (primary N) is 1. The molecule has 0 fully saturated rings. The summed E-state index contributed by atoms with van der Waals surface area (Å²) in [5.41, 5.74) is 5.16. The van der Waals surface area contributed by atoms with Gasteiger partial charge in [0.1, 0.15) is 0 Å². The monoisotopic (exact) mass is 221 g/mol. The Morgan fingerprint density at radius 2 is 2.31 bits per heavy atom. The van der Waals surface area contributed by atoms with Crippen molar-refractivity contribution >= 4 is 17.3 Å². The van der Waals surface area contributed by atoms with Gasteiger partial charge in [-0.25, -0.2) is 11.4 Å². The molecule has 1 rings (SSSR count). The molecule has 1 aromatic rings. The third kappa shape index (κ3) is 2.45. The number of anilines is 1. The van der Waals surface area contributed by atoms with Crippen molar-refractivity contribution in [1.29, 1.82) is 0 Å². The second-order valence-corrected chi connectivity index (χ2v) is 2.75. The van der Waals surface area contributed by atoms with E-state index in [1.54, 1.807) is 0 Å². The first-order chi connectivity index (χ1) is 7.56. The fourth-order valence-electron chi connectivity index (χ4n) is 1.00. The molecule has 0 spiro atoms. The minimum atomic E-state index is -0.850. The van der Waals surface area contributed by atoms with Crippen molar-refractivity contribution in [2.75, 3.05) is 12.5 Å². The molecule has 2 N–H and O–H groups in total. The zero-order valence-electron chi connectivity index (χ0n) is 8.04. The number of nitro benzene ring substituents is 1. The quantitative estimate of drug-likeness (QED) is 0.272. The molecule has 16 heavy (non-hydrogen) atoms. The van der Waals surface area contributed by atoms with E-state index in [4.69, 9.17) is 12.3 Å². The number of hydrogen-bond donors (Lipinski definition) is 1. The van der Waals surface area contributed by atoms with E-state index >= 15 is 0 Å². The van der Waals surface area contributed by atoms with Gasteiger partial charge in [0.05, 0.1) is 10.5 Å². The van der Waals surface area contributed by atoms with Gasteiger partial charge in [-0.15, -0.1) is 0 Å². The van der Waals surface area contributed by atoms with Crippen LogP contribution in [0.1, 0.15) is 10.4 Å². The number of esters is 1. The number of ether oxygens (including phenoxy) is 1. The summed E-state index contributed by atoms with van der Waals surface area (Å²) in [6, 6.07) is 3.44. The van der Waals surface area contributed by atoms with Crippen molar-refractivity contribution in [3.63, 3.8) is 0 Å². The van der Waals surface area contributed by atoms with Crippen LogP contribution in [-0.4, -0.2) is 17.6 Å². The molecule has 1 aromatic carbocycles. The molecule has 82 valence electrons. The van der Waals surface area contributed by atoms with Crippen LogP contribution in [0.2, 0.25) is 0 Å². The SMILES string of the molecule is [C-]#[N+]COC(=O)c1cc([N+](=O)[O-])ccc1N. The van der Waals surface area contributed by atoms with Gasteiger partial charge in [0.15, 0.2) is 0 Å². The lowest BCUT2D eigenvalue weighted by atomic mass is 10.1. The van der Waals surface area contributed by atoms with Crippen LogP contribution >= 0.6 is 0 Å². The summed E-state index contributed by atoms with van der Waals surface area (Å²) in [4.78, 5) is 24.0. The Morgan fingerprint density at radius 3 is 2.88 bits per heavy atom. The van der Waals surface area contributed by atoms with E-state index in [1.807, 2.05) is 0 Å². The summed E-state index contributed by atoms with van der Waals surface area (Å²) in [6.07, 6.45) is 0. The van der Waals surface area contributed by atoms with E-state index in [0.717, 1.165) is 6.07 Å². The van der Waals surface area contributed by atoms with Gasteiger partial charge >= 0.3 is 12.7 Å². The van der Waals surface area contributed by atoms with Crippen LogP contribution in [0.15, 0.2) is 18.2 Å². The average Bonchev–Trinajstić information content (AvgIpc) is 2.26. The molecule has 0 bridgehead atoms. The minimum Gasteiger partial charge on any atom is -0.398 e. The van der Waals surface area contributed by atoms with Crippen LogP contribution in [0.4, 0.5) is 11.4 Å². The number of nitro groups is 1. The maximum atomic E-state index is 11.3. The first-order valence-corrected chi connectivity index (χ1v) is 4.10. The Morgan fingerprint density at radius 1 is 1.62 bits per heavy atom. The first kappa shape index (κ1) is 11.5. The molecule has 0 aromatic heterocycles. The molecule has 0 unspecified atom stereocenters. The van der Waals surface area contributed by atoms with Crippen molar-refractivity contribution in [3.05, 3.63) is 45.3 Å². The van der Waals surface area contributed by atoms with Gasteiger partial charge in [0.25, 0.3) is 5.69 Å². The topological polar surface area (TPSA) is 99.8 Å². The molecular weight excluding hydrogens is 214 g/mol. The first-order valence-electron chi connectivity index (χ1n) is 4.10. The highest BCUT2D eigenvalue weighted by Gasteiger charge is 2.16. The fourth-order valence-corrected chi connectivity index (χ4v) is 1.00. The van der Waals surface area contributed by atoms with Gasteiger partial charge in [-0.3, -0.25) is 15.0 Å². The summed E-state index contributed by atoms with van der Waals surface area (Å²) in [7, 11) is 0. The molecule has 0 radical (unpaired) electrons. The summed E-state index contributed by atoms with van der Waals surface area (Å²) >= 11 is 0. The Bertz CT molecular complexity index is 478. The molecule has 0 amide bonds. The highest BCUT2D eigenvalue weighted by Crippen LogP contribution is 2.20. The Balaban J connectivity index is 3.03. The fraction of sp³-hybridized carbons (Fsp3) is 0.111. The van der Waals surface area contributed by atoms with E-state index in [0.29, 0.717) is 0 Å². The number of benzene rings is 1. The number of carbonyl (C=O) groups excluding carboxylic acids is 1. The molecule has 0 aliphatic heterocycles. The lowest BCUT2D eigenvalue weighted by Gasteiger charge is -2.02. The van der Waals surface area contributed by atoms with Crippen molar-refractivity contribution in [2.24, 2.45) is 0 Å². The van der Waals surface area contributed by atoms with Gasteiger partial charge in [-0.05, 0) is 6.07 Å². The predicted octanol–water partition coefficient (Wildman–Crippen LogP) is 1.21. The zero-order chi connectivity index (χ0) is 12.1. The highest BCUT2D eigenvalue weighted by molar-refractivity contribution is 5.95. The highest BCUT2D eigenvalue weighted by atomic mass is 16.6. The summed E-state index contributed by atoms with van der Waals surface area (Å²) in [5, 5.41) is 10.5. The number of nitrogen functional groups attached to an aromatic ring is 1. The Kier molecular flexibility index (Phi) is 3.40. The molecular formula is C9H7N3O4. The molecule has 0 saturated carbocycles. The molecule has 0 aliphatic carbocycles. The Labute approximate surface area is 90.4 Å². The van der Waals surface area contributed by atoms with Crippen LogP contribution in [0.25, 0.3) is 4.85 Å². The molecule has 0 saturated heterocycles. The van der Waals surface area contributed by atoms with E-state index < -0.39 is 17.6 Å². The second kappa shape index (κ2) is 4.75. The van der Waals surface area contributed by atoms with Crippen LogP contribution in [0.5, 0.6) is 0 Å². The van der Waals surface area contributed by atoms with Gasteiger partial charge in [-0.1, -0.05) is 0 Å². The van der Waals surface area contributed by atoms with Crippen LogP contribution < -0.4 is 5.73 Å². The van der Waals surface area contributed by atoms with Crippen molar-refractivity contribution < 1.29 is 14.5 Å². The summed E-state index contributed by atoms with van der Waals surface area (Å²) in [5.74, 6) is -0.850. The maximum Gasteiger partial charge on any atom is 0.359 e. The predicted molar refractivity (Wildman–Crippen MR) is 54.4 cm³/mol. The van der Waals surface area contributed by atoms with Crippen LogP contribution in [-0.2, 0) is 4.74 Å². The number of non-ortho nitro benzene ring substituents is 1. The van der Waals surface area contributed by atoms with Crippen LogP contribution in [0.3, 0.4) is 0 Å². The smallest absolute Gasteiger partial charge is 0.359 e. The lowest BCUT2D eigenvalue weighted by molar-refractivity contribution is -0.384. The van der Waals surface area contributed by atoms with Gasteiger partial charge in [-0.2, -0.15) is 0 Å². The summed E-state index contributed by atoms with van der Waals surface area (Å²) in [6.45, 7) is 5.99. The van der Waals surface area contributed by atoms with E-state index in [-0.39, 0.29) is 16.9 Å². The molecule has 0 heterocycles. The minimum absolute atomic E-state index is 0.0700. The van der Waals surface area contributed by atoms with Gasteiger partial charge in [0.2, 0.25) is 0 Å². The van der Waals surface area contributed by atoms with Crippen LogP contribution in [0, 0.1) is 16.7 Å². The second-order valence-electron chi connectivity index (χ2n) is 2.75. The maximum absolute atomic E-state index is 11.3. The number of hydrogen-bond acceptors (Lipinski definition) is 5. The van der Waals surface area contributed by atoms with E-state index in [1.165, 1.54) is 12.1 Å². The lowest BCUT2D eigenvalue weighted by Crippen LogP contribution is -2.08. The molecule has 7 nitrogen and oxygen atoms in total. The third-order valence-electron chi connectivity index (χ3n) is 1.73. The Hall–Kier alpha value is -2.62. The van der Waals surface area contributed by atoms with Crippen molar-refractivity contribution in [1.82, 2.24) is 0 Å². The molecule has 7 heteroatoms. The normalized spacial score (nSPS) is 9.19. The third-order valence-corrected chi connectivity index (χ3v) is 1.73. The standard InChI is InChI=1S/C9H7N3O4/c1-11-5-16-9(13)7-4-6(12(14)15)2-3-8(7)10/h2-4H,5,10H2.